The quantitative estimate of drug-likeness (QED) is 0.786. The Morgan fingerprint density at radius 3 is 2.45 bits per heavy atom. The van der Waals surface area contributed by atoms with Gasteiger partial charge in [-0.25, -0.2) is 9.78 Å². The van der Waals surface area contributed by atoms with E-state index in [4.69, 9.17) is 4.74 Å². The molecule has 0 saturated heterocycles. The second-order valence-corrected chi connectivity index (χ2v) is 9.66. The number of aromatic nitrogens is 3. The molecule has 8 nitrogen and oxygen atoms in total. The zero-order valence-electron chi connectivity index (χ0n) is 17.9. The van der Waals surface area contributed by atoms with Crippen LogP contribution in [0.1, 0.15) is 60.3 Å². The van der Waals surface area contributed by atoms with Crippen LogP contribution >= 0.6 is 0 Å². The fourth-order valence-electron chi connectivity index (χ4n) is 6.41. The van der Waals surface area contributed by atoms with Crippen molar-refractivity contribution in [3.63, 3.8) is 0 Å². The molecule has 4 fully saturated rings. The van der Waals surface area contributed by atoms with Crippen molar-refractivity contribution in [2.75, 3.05) is 0 Å². The molecule has 2 N–H and O–H groups in total. The minimum atomic E-state index is -0.510. The summed E-state index contributed by atoms with van der Waals surface area (Å²) in [6.45, 7) is 3.70. The highest BCUT2D eigenvalue weighted by molar-refractivity contribution is 5.94. The van der Waals surface area contributed by atoms with Crippen molar-refractivity contribution < 1.29 is 14.3 Å². The van der Waals surface area contributed by atoms with Gasteiger partial charge in [-0.05, 0) is 75.8 Å². The molecule has 4 bridgehead atoms. The smallest absolute Gasteiger partial charge is 0.390 e. The van der Waals surface area contributed by atoms with Crippen molar-refractivity contribution in [2.45, 2.75) is 63.5 Å². The van der Waals surface area contributed by atoms with Gasteiger partial charge in [0.25, 0.3) is 5.91 Å². The maximum atomic E-state index is 13.0. The third-order valence-electron chi connectivity index (χ3n) is 6.96. The van der Waals surface area contributed by atoms with Crippen LogP contribution in [0.3, 0.4) is 0 Å². The van der Waals surface area contributed by atoms with Gasteiger partial charge in [-0.15, -0.1) is 0 Å². The maximum Gasteiger partial charge on any atom is 0.414 e. The Bertz CT molecular complexity index is 1030. The Balaban J connectivity index is 1.33. The molecule has 2 atom stereocenters. The Hall–Kier alpha value is -3.03. The molecule has 4 aliphatic rings. The number of carbonyl (C=O) groups excluding carboxylic acids is 2. The molecule has 4 aliphatic carbocycles. The lowest BCUT2D eigenvalue weighted by molar-refractivity contribution is -0.0450. The predicted octanol–water partition coefficient (Wildman–Crippen LogP) is 3.10. The van der Waals surface area contributed by atoms with Gasteiger partial charge in [-0.1, -0.05) is 6.07 Å². The van der Waals surface area contributed by atoms with E-state index in [0.29, 0.717) is 29.6 Å². The fraction of sp³-hybridized carbons (Fsp3) is 0.522. The van der Waals surface area contributed by atoms with E-state index in [2.05, 4.69) is 25.6 Å². The molecule has 0 aromatic carbocycles. The summed E-state index contributed by atoms with van der Waals surface area (Å²) in [4.78, 5) is 38.2. The fourth-order valence-corrected chi connectivity index (χ4v) is 6.41. The summed E-state index contributed by atoms with van der Waals surface area (Å²) < 4.78 is 5.41. The van der Waals surface area contributed by atoms with Gasteiger partial charge in [0, 0.05) is 23.5 Å². The van der Waals surface area contributed by atoms with Crippen LogP contribution < -0.4 is 15.4 Å². The monoisotopic (exact) mass is 421 g/mol. The SMILES string of the molecule is Cc1cncc(OC(=O)NC23CC4CC(C2)CC(NC(=O)c2ncccc2C)(C4)C3)n1. The summed E-state index contributed by atoms with van der Waals surface area (Å²) >= 11 is 0. The van der Waals surface area contributed by atoms with E-state index in [0.717, 1.165) is 37.7 Å². The lowest BCUT2D eigenvalue weighted by Gasteiger charge is -2.62. The number of rotatable bonds is 4. The molecule has 2 aromatic rings. The van der Waals surface area contributed by atoms with Crippen LogP contribution in [-0.2, 0) is 0 Å². The van der Waals surface area contributed by atoms with E-state index in [1.807, 2.05) is 19.1 Å². The molecule has 0 radical (unpaired) electrons. The number of amides is 2. The highest BCUT2D eigenvalue weighted by Crippen LogP contribution is 2.57. The minimum Gasteiger partial charge on any atom is -0.390 e. The third kappa shape index (κ3) is 3.86. The molecule has 2 unspecified atom stereocenters. The first-order valence-corrected chi connectivity index (χ1v) is 10.9. The average Bonchev–Trinajstić information content (AvgIpc) is 2.66. The molecular formula is C23H27N5O3. The highest BCUT2D eigenvalue weighted by Gasteiger charge is 2.59. The predicted molar refractivity (Wildman–Crippen MR) is 113 cm³/mol. The summed E-state index contributed by atoms with van der Waals surface area (Å²) in [7, 11) is 0. The van der Waals surface area contributed by atoms with Crippen molar-refractivity contribution in [1.82, 2.24) is 25.6 Å². The molecule has 162 valence electrons. The maximum absolute atomic E-state index is 13.0. The number of aryl methyl sites for hydroxylation is 2. The zero-order chi connectivity index (χ0) is 21.6. The molecule has 0 spiro atoms. The van der Waals surface area contributed by atoms with E-state index >= 15 is 0 Å². The van der Waals surface area contributed by atoms with Crippen LogP contribution in [0.2, 0.25) is 0 Å². The number of nitrogens with zero attached hydrogens (tertiary/aromatic N) is 3. The molecule has 4 saturated carbocycles. The van der Waals surface area contributed by atoms with Gasteiger partial charge in [0.2, 0.25) is 5.88 Å². The molecule has 31 heavy (non-hydrogen) atoms. The lowest BCUT2D eigenvalue weighted by atomic mass is 9.50. The standard InChI is InChI=1S/C23H27N5O3/c1-14-4-3-5-25-19(14)20(29)27-22-7-16-6-17(8-22)10-23(9-16,13-22)28-21(30)31-18-12-24-11-15(2)26-18/h3-5,11-12,16-17H,6-10,13H2,1-2H3,(H,27,29)(H,28,30). The van der Waals surface area contributed by atoms with Crippen LogP contribution in [0.15, 0.2) is 30.7 Å². The summed E-state index contributed by atoms with van der Waals surface area (Å²) in [6.07, 6.45) is 9.77. The molecular weight excluding hydrogens is 394 g/mol. The number of hydrogen-bond donors (Lipinski definition) is 2. The zero-order valence-corrected chi connectivity index (χ0v) is 17.9. The van der Waals surface area contributed by atoms with E-state index < -0.39 is 6.09 Å². The molecule has 2 aromatic heterocycles. The molecule has 6 rings (SSSR count). The first-order chi connectivity index (χ1) is 14.8. The Morgan fingerprint density at radius 1 is 1.06 bits per heavy atom. The summed E-state index contributed by atoms with van der Waals surface area (Å²) in [5.74, 6) is 1.01. The number of ether oxygens (including phenoxy) is 1. The van der Waals surface area contributed by atoms with Crippen molar-refractivity contribution in [3.05, 3.63) is 47.7 Å². The lowest BCUT2D eigenvalue weighted by Crippen LogP contribution is -2.70. The molecule has 2 heterocycles. The summed E-state index contributed by atoms with van der Waals surface area (Å²) in [6, 6.07) is 3.73. The van der Waals surface area contributed by atoms with Crippen LogP contribution in [0.4, 0.5) is 4.79 Å². The number of nitrogens with one attached hydrogen (secondary N) is 2. The summed E-state index contributed by atoms with van der Waals surface area (Å²) in [5.41, 5.74) is 1.33. The van der Waals surface area contributed by atoms with Crippen molar-refractivity contribution in [1.29, 1.82) is 0 Å². The Kier molecular flexibility index (Phi) is 4.68. The van der Waals surface area contributed by atoms with Gasteiger partial charge in [-0.3, -0.25) is 14.8 Å². The van der Waals surface area contributed by atoms with Crippen molar-refractivity contribution in [3.8, 4) is 5.88 Å². The number of carbonyl (C=O) groups is 2. The molecule has 0 aliphatic heterocycles. The first kappa shape index (κ1) is 19.9. The van der Waals surface area contributed by atoms with Crippen LogP contribution in [0.25, 0.3) is 0 Å². The van der Waals surface area contributed by atoms with E-state index in [1.54, 1.807) is 19.3 Å². The molecule has 8 heteroatoms. The normalized spacial score (nSPS) is 30.6. The van der Waals surface area contributed by atoms with Gasteiger partial charge < -0.3 is 15.4 Å². The molecule has 2 amide bonds. The van der Waals surface area contributed by atoms with Crippen molar-refractivity contribution >= 4 is 12.0 Å². The topological polar surface area (TPSA) is 106 Å². The first-order valence-electron chi connectivity index (χ1n) is 10.9. The second-order valence-electron chi connectivity index (χ2n) is 9.66. The Labute approximate surface area is 181 Å². The third-order valence-corrected chi connectivity index (χ3v) is 6.96. The second kappa shape index (κ2) is 7.28. The number of pyridine rings is 1. The van der Waals surface area contributed by atoms with Crippen LogP contribution in [-0.4, -0.2) is 38.0 Å². The summed E-state index contributed by atoms with van der Waals surface area (Å²) in [5, 5.41) is 6.47. The van der Waals surface area contributed by atoms with Gasteiger partial charge >= 0.3 is 6.09 Å². The van der Waals surface area contributed by atoms with E-state index in [9.17, 15) is 9.59 Å². The van der Waals surface area contributed by atoms with Gasteiger partial charge in [0.15, 0.2) is 0 Å². The van der Waals surface area contributed by atoms with Crippen LogP contribution in [0.5, 0.6) is 5.88 Å². The van der Waals surface area contributed by atoms with Gasteiger partial charge in [-0.2, -0.15) is 0 Å². The van der Waals surface area contributed by atoms with Gasteiger partial charge in [0.1, 0.15) is 5.69 Å². The van der Waals surface area contributed by atoms with E-state index in [-0.39, 0.29) is 22.9 Å². The Morgan fingerprint density at radius 2 is 1.77 bits per heavy atom. The van der Waals surface area contributed by atoms with Crippen molar-refractivity contribution in [2.24, 2.45) is 11.8 Å². The minimum absolute atomic E-state index is 0.132. The average molecular weight is 422 g/mol. The highest BCUT2D eigenvalue weighted by atomic mass is 16.6. The number of hydrogen-bond acceptors (Lipinski definition) is 6. The van der Waals surface area contributed by atoms with E-state index in [1.165, 1.54) is 6.20 Å². The van der Waals surface area contributed by atoms with Crippen LogP contribution in [0, 0.1) is 25.7 Å². The van der Waals surface area contributed by atoms with Gasteiger partial charge in [0.05, 0.1) is 11.9 Å². The largest absolute Gasteiger partial charge is 0.414 e.